The molecule has 0 aliphatic carbocycles. The van der Waals surface area contributed by atoms with Gasteiger partial charge in [0.05, 0.1) is 17.2 Å². The number of hydrogen-bond acceptors (Lipinski definition) is 5. The van der Waals surface area contributed by atoms with Gasteiger partial charge in [0.2, 0.25) is 0 Å². The van der Waals surface area contributed by atoms with Crippen molar-refractivity contribution in [2.45, 2.75) is 13.8 Å². The van der Waals surface area contributed by atoms with E-state index in [-0.39, 0.29) is 5.91 Å². The topological polar surface area (TPSA) is 64.1 Å². The second kappa shape index (κ2) is 6.75. The van der Waals surface area contributed by atoms with Crippen molar-refractivity contribution in [3.05, 3.63) is 52.1 Å². The van der Waals surface area contributed by atoms with Crippen LogP contribution in [0.5, 0.6) is 5.75 Å². The highest BCUT2D eigenvalue weighted by molar-refractivity contribution is 7.13. The van der Waals surface area contributed by atoms with Crippen LogP contribution in [0.4, 0.5) is 0 Å². The van der Waals surface area contributed by atoms with E-state index in [1.807, 2.05) is 44.2 Å². The maximum atomic E-state index is 12.1. The van der Waals surface area contributed by atoms with E-state index in [2.05, 4.69) is 15.3 Å². The zero-order valence-corrected chi connectivity index (χ0v) is 13.8. The molecule has 1 amide bonds. The Hall–Kier alpha value is -2.47. The first-order chi connectivity index (χ1) is 11.1. The van der Waals surface area contributed by atoms with Crippen molar-refractivity contribution in [1.82, 2.24) is 15.3 Å². The molecule has 0 atom stereocenters. The van der Waals surface area contributed by atoms with E-state index in [0.717, 1.165) is 27.4 Å². The summed E-state index contributed by atoms with van der Waals surface area (Å²) >= 11 is 1.40. The number of hydrogen-bond donors (Lipinski definition) is 1. The van der Waals surface area contributed by atoms with Crippen LogP contribution in [-0.2, 0) is 0 Å². The molecule has 5 nitrogen and oxygen atoms in total. The lowest BCUT2D eigenvalue weighted by Gasteiger charge is -2.09. The maximum Gasteiger partial charge on any atom is 0.263 e. The van der Waals surface area contributed by atoms with Crippen molar-refractivity contribution in [2.24, 2.45) is 0 Å². The highest BCUT2D eigenvalue weighted by atomic mass is 32.1. The summed E-state index contributed by atoms with van der Waals surface area (Å²) in [5, 5.41) is 4.78. The van der Waals surface area contributed by atoms with Gasteiger partial charge in [-0.2, -0.15) is 0 Å². The molecule has 2 heterocycles. The van der Waals surface area contributed by atoms with Gasteiger partial charge in [-0.15, -0.1) is 11.3 Å². The smallest absolute Gasteiger partial charge is 0.263 e. The number of pyridine rings is 1. The largest absolute Gasteiger partial charge is 0.489 e. The summed E-state index contributed by atoms with van der Waals surface area (Å²) in [5.41, 5.74) is 1.60. The van der Waals surface area contributed by atoms with Gasteiger partial charge in [-0.1, -0.05) is 18.2 Å². The highest BCUT2D eigenvalue weighted by Crippen LogP contribution is 2.22. The van der Waals surface area contributed by atoms with Crippen molar-refractivity contribution >= 4 is 28.1 Å². The molecular formula is C17H17N3O2S. The number of amides is 1. The van der Waals surface area contributed by atoms with Crippen LogP contribution in [0.3, 0.4) is 0 Å². The minimum Gasteiger partial charge on any atom is -0.489 e. The number of rotatable bonds is 5. The molecule has 0 saturated carbocycles. The van der Waals surface area contributed by atoms with Gasteiger partial charge in [-0.3, -0.25) is 9.78 Å². The van der Waals surface area contributed by atoms with Gasteiger partial charge < -0.3 is 10.1 Å². The van der Waals surface area contributed by atoms with E-state index >= 15 is 0 Å². The lowest BCUT2D eigenvalue weighted by molar-refractivity contribution is 0.0950. The SMILES string of the molecule is Cc1nc(C)c(C(=O)NCCOc2cccc3cccnc23)s1. The van der Waals surface area contributed by atoms with Crippen molar-refractivity contribution < 1.29 is 9.53 Å². The van der Waals surface area contributed by atoms with Crippen molar-refractivity contribution in [1.29, 1.82) is 0 Å². The van der Waals surface area contributed by atoms with Crippen LogP contribution in [-0.4, -0.2) is 29.0 Å². The maximum absolute atomic E-state index is 12.1. The first kappa shape index (κ1) is 15.4. The van der Waals surface area contributed by atoms with E-state index in [1.54, 1.807) is 6.20 Å². The highest BCUT2D eigenvalue weighted by Gasteiger charge is 2.13. The number of fused-ring (bicyclic) bond motifs is 1. The van der Waals surface area contributed by atoms with E-state index in [1.165, 1.54) is 11.3 Å². The molecule has 1 N–H and O–H groups in total. The van der Waals surface area contributed by atoms with Gasteiger partial charge in [0.25, 0.3) is 5.91 Å². The van der Waals surface area contributed by atoms with Gasteiger partial charge in [0.1, 0.15) is 22.8 Å². The summed E-state index contributed by atoms with van der Waals surface area (Å²) in [4.78, 5) is 21.4. The zero-order chi connectivity index (χ0) is 16.2. The number of benzene rings is 1. The fourth-order valence-electron chi connectivity index (χ4n) is 2.34. The van der Waals surface area contributed by atoms with Crippen LogP contribution in [0.15, 0.2) is 36.5 Å². The Kier molecular flexibility index (Phi) is 4.52. The average molecular weight is 327 g/mol. The first-order valence-corrected chi connectivity index (χ1v) is 8.15. The molecule has 23 heavy (non-hydrogen) atoms. The Morgan fingerprint density at radius 2 is 2.09 bits per heavy atom. The Balaban J connectivity index is 1.57. The molecule has 0 aliphatic rings. The van der Waals surface area contributed by atoms with E-state index in [4.69, 9.17) is 4.74 Å². The summed E-state index contributed by atoms with van der Waals surface area (Å²) in [5.74, 6) is 0.620. The number of nitrogens with one attached hydrogen (secondary N) is 1. The molecule has 0 saturated heterocycles. The molecule has 0 unspecified atom stereocenters. The summed E-state index contributed by atoms with van der Waals surface area (Å²) in [7, 11) is 0. The van der Waals surface area contributed by atoms with Crippen LogP contribution >= 0.6 is 11.3 Å². The third kappa shape index (κ3) is 3.48. The van der Waals surface area contributed by atoms with Gasteiger partial charge in [0.15, 0.2) is 0 Å². The summed E-state index contributed by atoms with van der Waals surface area (Å²) in [6.07, 6.45) is 1.74. The first-order valence-electron chi connectivity index (χ1n) is 7.34. The number of para-hydroxylation sites is 1. The molecule has 1 aromatic carbocycles. The van der Waals surface area contributed by atoms with Crippen LogP contribution in [0.25, 0.3) is 10.9 Å². The number of thiazole rings is 1. The molecule has 0 bridgehead atoms. The molecule has 0 fully saturated rings. The van der Waals surface area contributed by atoms with E-state index < -0.39 is 0 Å². The molecule has 3 rings (SSSR count). The number of aryl methyl sites for hydroxylation is 2. The summed E-state index contributed by atoms with van der Waals surface area (Å²) < 4.78 is 5.75. The van der Waals surface area contributed by atoms with Gasteiger partial charge in [0, 0.05) is 11.6 Å². The van der Waals surface area contributed by atoms with Crippen molar-refractivity contribution in [3.8, 4) is 5.75 Å². The number of carbonyl (C=O) groups excluding carboxylic acids is 1. The molecule has 0 aliphatic heterocycles. The predicted octanol–water partition coefficient (Wildman–Crippen LogP) is 3.12. The lowest BCUT2D eigenvalue weighted by atomic mass is 10.2. The monoisotopic (exact) mass is 327 g/mol. The third-order valence-corrected chi connectivity index (χ3v) is 4.42. The Labute approximate surface area is 138 Å². The third-order valence-electron chi connectivity index (χ3n) is 3.35. The number of nitrogens with zero attached hydrogens (tertiary/aromatic N) is 2. The quantitative estimate of drug-likeness (QED) is 0.731. The second-order valence-electron chi connectivity index (χ2n) is 5.08. The Morgan fingerprint density at radius 3 is 2.87 bits per heavy atom. The minimum absolute atomic E-state index is 0.104. The summed E-state index contributed by atoms with van der Waals surface area (Å²) in [6.45, 7) is 4.55. The van der Waals surface area contributed by atoms with Crippen molar-refractivity contribution in [3.63, 3.8) is 0 Å². The molecule has 3 aromatic rings. The van der Waals surface area contributed by atoms with Crippen molar-refractivity contribution in [2.75, 3.05) is 13.2 Å². The normalized spacial score (nSPS) is 10.7. The fraction of sp³-hybridized carbons (Fsp3) is 0.235. The van der Waals surface area contributed by atoms with Crippen LogP contribution < -0.4 is 10.1 Å². The van der Waals surface area contributed by atoms with Crippen LogP contribution in [0.2, 0.25) is 0 Å². The fourth-order valence-corrected chi connectivity index (χ4v) is 3.18. The minimum atomic E-state index is -0.104. The molecule has 2 aromatic heterocycles. The zero-order valence-electron chi connectivity index (χ0n) is 13.0. The van der Waals surface area contributed by atoms with E-state index in [0.29, 0.717) is 18.0 Å². The van der Waals surface area contributed by atoms with Gasteiger partial charge in [-0.25, -0.2) is 4.98 Å². The molecule has 0 spiro atoms. The standard InChI is InChI=1S/C17H17N3O2S/c1-11-16(23-12(2)20-11)17(21)19-9-10-22-14-7-3-5-13-6-4-8-18-15(13)14/h3-8H,9-10H2,1-2H3,(H,19,21). The molecule has 0 radical (unpaired) electrons. The second-order valence-corrected chi connectivity index (χ2v) is 6.29. The average Bonchev–Trinajstić information content (AvgIpc) is 2.90. The predicted molar refractivity (Wildman–Crippen MR) is 91.2 cm³/mol. The molecule has 118 valence electrons. The number of aromatic nitrogens is 2. The van der Waals surface area contributed by atoms with Gasteiger partial charge in [-0.05, 0) is 26.0 Å². The van der Waals surface area contributed by atoms with E-state index in [9.17, 15) is 4.79 Å². The van der Waals surface area contributed by atoms with Gasteiger partial charge >= 0.3 is 0 Å². The number of ether oxygens (including phenoxy) is 1. The molecular weight excluding hydrogens is 310 g/mol. The Morgan fingerprint density at radius 1 is 1.26 bits per heavy atom. The molecule has 6 heteroatoms. The summed E-state index contributed by atoms with van der Waals surface area (Å²) in [6, 6.07) is 9.69. The van der Waals surface area contributed by atoms with Crippen LogP contribution in [0, 0.1) is 13.8 Å². The van der Waals surface area contributed by atoms with Crippen LogP contribution in [0.1, 0.15) is 20.4 Å². The Bertz CT molecular complexity index is 839. The lowest BCUT2D eigenvalue weighted by Crippen LogP contribution is -2.28. The number of carbonyl (C=O) groups is 1.